The predicted octanol–water partition coefficient (Wildman–Crippen LogP) is 2.99. The van der Waals surface area contributed by atoms with Crippen molar-refractivity contribution in [1.82, 2.24) is 10.3 Å². The molecule has 1 aromatic heterocycles. The van der Waals surface area contributed by atoms with E-state index in [0.29, 0.717) is 11.3 Å². The third-order valence-electron chi connectivity index (χ3n) is 2.61. The Morgan fingerprint density at radius 2 is 2.50 bits per heavy atom. The van der Waals surface area contributed by atoms with Crippen LogP contribution in [-0.4, -0.2) is 17.8 Å². The van der Waals surface area contributed by atoms with E-state index in [1.807, 2.05) is 24.6 Å². The van der Waals surface area contributed by atoms with Gasteiger partial charge in [-0.05, 0) is 32.6 Å². The summed E-state index contributed by atoms with van der Waals surface area (Å²) >= 11 is 3.92. The van der Waals surface area contributed by atoms with E-state index >= 15 is 0 Å². The molecule has 4 heteroatoms. The zero-order valence-electron chi connectivity index (χ0n) is 8.62. The summed E-state index contributed by atoms with van der Waals surface area (Å²) in [6.07, 6.45) is 4.69. The summed E-state index contributed by atoms with van der Waals surface area (Å²) in [5.74, 6) is 1.31. The largest absolute Gasteiger partial charge is 0.312 e. The summed E-state index contributed by atoms with van der Waals surface area (Å²) in [6.45, 7) is 2.18. The number of thiazole rings is 1. The monoisotopic (exact) mass is 228 g/mol. The molecule has 2 nitrogen and oxygen atoms in total. The lowest BCUT2D eigenvalue weighted by molar-refractivity contribution is 0.662. The summed E-state index contributed by atoms with van der Waals surface area (Å²) in [5, 5.41) is 5.25. The Labute approximate surface area is 93.5 Å². The molecule has 2 atom stereocenters. The standard InChI is InChI=1S/C10H16N2S2/c1-7(11-2)9-6-12-10(14-9)8-4-3-5-13-8/h6-8,11H,3-5H2,1-2H3. The number of nitrogens with one attached hydrogen (secondary N) is 1. The number of nitrogens with zero attached hydrogens (tertiary/aromatic N) is 1. The first-order valence-electron chi connectivity index (χ1n) is 5.05. The van der Waals surface area contributed by atoms with Crippen LogP contribution in [0.3, 0.4) is 0 Å². The predicted molar refractivity (Wildman–Crippen MR) is 64.0 cm³/mol. The molecule has 2 unspecified atom stereocenters. The molecule has 0 aromatic carbocycles. The topological polar surface area (TPSA) is 24.9 Å². The quantitative estimate of drug-likeness (QED) is 0.861. The van der Waals surface area contributed by atoms with Crippen LogP contribution in [0.5, 0.6) is 0 Å². The van der Waals surface area contributed by atoms with Gasteiger partial charge in [-0.3, -0.25) is 0 Å². The molecule has 1 fully saturated rings. The fourth-order valence-electron chi connectivity index (χ4n) is 1.56. The molecule has 2 rings (SSSR count). The summed E-state index contributed by atoms with van der Waals surface area (Å²) in [4.78, 5) is 5.88. The highest BCUT2D eigenvalue weighted by Crippen LogP contribution is 2.41. The van der Waals surface area contributed by atoms with Gasteiger partial charge in [0.05, 0.1) is 5.25 Å². The molecule has 78 valence electrons. The highest BCUT2D eigenvalue weighted by Gasteiger charge is 2.21. The van der Waals surface area contributed by atoms with Gasteiger partial charge < -0.3 is 5.32 Å². The zero-order chi connectivity index (χ0) is 9.97. The minimum Gasteiger partial charge on any atom is -0.312 e. The van der Waals surface area contributed by atoms with Crippen LogP contribution in [0.2, 0.25) is 0 Å². The third kappa shape index (κ3) is 2.12. The molecule has 1 aromatic rings. The fourth-order valence-corrected chi connectivity index (χ4v) is 4.06. The Balaban J connectivity index is 2.08. The average molecular weight is 228 g/mol. The van der Waals surface area contributed by atoms with E-state index < -0.39 is 0 Å². The maximum Gasteiger partial charge on any atom is 0.106 e. The van der Waals surface area contributed by atoms with Crippen molar-refractivity contribution in [3.8, 4) is 0 Å². The van der Waals surface area contributed by atoms with Gasteiger partial charge in [0.15, 0.2) is 0 Å². The normalized spacial score (nSPS) is 24.0. The van der Waals surface area contributed by atoms with Crippen LogP contribution < -0.4 is 5.32 Å². The maximum absolute atomic E-state index is 4.52. The zero-order valence-corrected chi connectivity index (χ0v) is 10.3. The second-order valence-electron chi connectivity index (χ2n) is 3.61. The van der Waals surface area contributed by atoms with E-state index in [0.717, 1.165) is 0 Å². The highest BCUT2D eigenvalue weighted by molar-refractivity contribution is 7.99. The van der Waals surface area contributed by atoms with Gasteiger partial charge in [0, 0.05) is 17.1 Å². The van der Waals surface area contributed by atoms with Crippen LogP contribution in [0.1, 0.15) is 40.9 Å². The van der Waals surface area contributed by atoms with Gasteiger partial charge in [-0.2, -0.15) is 11.8 Å². The van der Waals surface area contributed by atoms with Gasteiger partial charge in [-0.25, -0.2) is 4.98 Å². The van der Waals surface area contributed by atoms with Crippen molar-refractivity contribution in [2.75, 3.05) is 12.8 Å². The summed E-state index contributed by atoms with van der Waals surface area (Å²) in [6, 6.07) is 0.438. The van der Waals surface area contributed by atoms with E-state index in [9.17, 15) is 0 Å². The Morgan fingerprint density at radius 3 is 3.14 bits per heavy atom. The second kappa shape index (κ2) is 4.64. The van der Waals surface area contributed by atoms with E-state index in [1.165, 1.54) is 28.5 Å². The number of aromatic nitrogens is 1. The van der Waals surface area contributed by atoms with Gasteiger partial charge in [0.2, 0.25) is 0 Å². The molecule has 0 radical (unpaired) electrons. The van der Waals surface area contributed by atoms with Gasteiger partial charge in [-0.15, -0.1) is 11.3 Å². The number of hydrogen-bond donors (Lipinski definition) is 1. The Kier molecular flexibility index (Phi) is 3.47. The third-order valence-corrected chi connectivity index (χ3v) is 5.44. The number of thioether (sulfide) groups is 1. The fraction of sp³-hybridized carbons (Fsp3) is 0.700. The van der Waals surface area contributed by atoms with Crippen molar-refractivity contribution in [2.24, 2.45) is 0 Å². The van der Waals surface area contributed by atoms with Gasteiger partial charge >= 0.3 is 0 Å². The molecule has 2 heterocycles. The molecule has 0 amide bonds. The number of hydrogen-bond acceptors (Lipinski definition) is 4. The van der Waals surface area contributed by atoms with Crippen molar-refractivity contribution in [1.29, 1.82) is 0 Å². The van der Waals surface area contributed by atoms with Crippen molar-refractivity contribution >= 4 is 23.1 Å². The first-order chi connectivity index (χ1) is 6.81. The minimum atomic E-state index is 0.438. The Hall–Kier alpha value is -0.0600. The molecule has 1 saturated heterocycles. The van der Waals surface area contributed by atoms with E-state index in [2.05, 4.69) is 29.0 Å². The molecule has 1 aliphatic heterocycles. The van der Waals surface area contributed by atoms with Crippen LogP contribution >= 0.6 is 23.1 Å². The highest BCUT2D eigenvalue weighted by atomic mass is 32.2. The summed E-state index contributed by atoms with van der Waals surface area (Å²) in [7, 11) is 1.99. The van der Waals surface area contributed by atoms with Crippen LogP contribution in [0, 0.1) is 0 Å². The maximum atomic E-state index is 4.52. The van der Waals surface area contributed by atoms with Crippen molar-refractivity contribution in [3.63, 3.8) is 0 Å². The Bertz CT molecular complexity index is 292. The molecule has 0 spiro atoms. The minimum absolute atomic E-state index is 0.438. The van der Waals surface area contributed by atoms with Crippen LogP contribution in [-0.2, 0) is 0 Å². The molecule has 1 N–H and O–H groups in total. The number of rotatable bonds is 3. The summed E-state index contributed by atoms with van der Waals surface area (Å²) < 4.78 is 0. The molecule has 1 aliphatic rings. The molecule has 0 bridgehead atoms. The first kappa shape index (κ1) is 10.5. The SMILES string of the molecule is CNC(C)c1cnc(C2CCCS2)s1. The molecular formula is C10H16N2S2. The lowest BCUT2D eigenvalue weighted by Gasteiger charge is -2.06. The van der Waals surface area contributed by atoms with Gasteiger partial charge in [0.25, 0.3) is 0 Å². The summed E-state index contributed by atoms with van der Waals surface area (Å²) in [5.41, 5.74) is 0. The molecule has 14 heavy (non-hydrogen) atoms. The van der Waals surface area contributed by atoms with Gasteiger partial charge in [0.1, 0.15) is 5.01 Å². The second-order valence-corrected chi connectivity index (χ2v) is 6.02. The Morgan fingerprint density at radius 1 is 1.64 bits per heavy atom. The van der Waals surface area contributed by atoms with E-state index in [1.54, 1.807) is 0 Å². The van der Waals surface area contributed by atoms with Gasteiger partial charge in [-0.1, -0.05) is 0 Å². The van der Waals surface area contributed by atoms with Crippen LogP contribution in [0.15, 0.2) is 6.20 Å². The van der Waals surface area contributed by atoms with Crippen molar-refractivity contribution < 1.29 is 0 Å². The lowest BCUT2D eigenvalue weighted by atomic mass is 10.3. The van der Waals surface area contributed by atoms with Crippen molar-refractivity contribution in [2.45, 2.75) is 31.1 Å². The smallest absolute Gasteiger partial charge is 0.106 e. The molecule has 0 saturated carbocycles. The lowest BCUT2D eigenvalue weighted by Crippen LogP contribution is -2.10. The molecule has 0 aliphatic carbocycles. The first-order valence-corrected chi connectivity index (χ1v) is 6.92. The van der Waals surface area contributed by atoms with Crippen LogP contribution in [0.4, 0.5) is 0 Å². The van der Waals surface area contributed by atoms with E-state index in [4.69, 9.17) is 0 Å². The average Bonchev–Trinajstić information content (AvgIpc) is 2.86. The molecular weight excluding hydrogens is 212 g/mol. The van der Waals surface area contributed by atoms with Crippen LogP contribution in [0.25, 0.3) is 0 Å². The van der Waals surface area contributed by atoms with E-state index in [-0.39, 0.29) is 0 Å². The van der Waals surface area contributed by atoms with Crippen molar-refractivity contribution in [3.05, 3.63) is 16.1 Å².